The van der Waals surface area contributed by atoms with Gasteiger partial charge >= 0.3 is 5.97 Å². The van der Waals surface area contributed by atoms with Crippen LogP contribution in [-0.4, -0.2) is 21.8 Å². The second-order valence-corrected chi connectivity index (χ2v) is 3.62. The van der Waals surface area contributed by atoms with E-state index < -0.39 is 11.6 Å². The minimum absolute atomic E-state index is 0.273. The Morgan fingerprint density at radius 3 is 2.25 bits per heavy atom. The molecular weight excluding hydrogens is 156 g/mol. The first-order valence-corrected chi connectivity index (χ1v) is 4.38. The van der Waals surface area contributed by atoms with Crippen molar-refractivity contribution >= 4 is 5.97 Å². The molecule has 12 heavy (non-hydrogen) atoms. The molecule has 0 amide bonds. The Morgan fingerprint density at radius 1 is 1.50 bits per heavy atom. The fraction of sp³-hybridized carbons (Fsp3) is 0.889. The summed E-state index contributed by atoms with van der Waals surface area (Å²) in [7, 11) is 0. The quantitative estimate of drug-likeness (QED) is 0.666. The molecule has 0 fully saturated rings. The summed E-state index contributed by atoms with van der Waals surface area (Å²) in [5, 5.41) is 18.2. The Labute approximate surface area is 73.4 Å². The van der Waals surface area contributed by atoms with Gasteiger partial charge in [-0.3, -0.25) is 0 Å². The van der Waals surface area contributed by atoms with E-state index in [0.29, 0.717) is 12.3 Å². The molecule has 0 aromatic rings. The van der Waals surface area contributed by atoms with Crippen molar-refractivity contribution in [3.63, 3.8) is 0 Å². The minimum atomic E-state index is -1.51. The zero-order chi connectivity index (χ0) is 9.78. The van der Waals surface area contributed by atoms with E-state index in [0.717, 1.165) is 6.42 Å². The number of hydrogen-bond acceptors (Lipinski definition) is 2. The van der Waals surface area contributed by atoms with Gasteiger partial charge in [0.25, 0.3) is 0 Å². The van der Waals surface area contributed by atoms with E-state index in [1.165, 1.54) is 0 Å². The van der Waals surface area contributed by atoms with Crippen LogP contribution in [0.1, 0.15) is 40.0 Å². The molecule has 0 saturated carbocycles. The summed E-state index contributed by atoms with van der Waals surface area (Å²) in [5.74, 6) is -0.673. The second kappa shape index (κ2) is 4.45. The Hall–Kier alpha value is -0.570. The molecule has 0 heterocycles. The van der Waals surface area contributed by atoms with E-state index >= 15 is 0 Å². The van der Waals surface area contributed by atoms with Gasteiger partial charge in [0.05, 0.1) is 0 Å². The molecule has 0 aromatic heterocycles. The summed E-state index contributed by atoms with van der Waals surface area (Å²) < 4.78 is 0. The molecule has 0 rings (SSSR count). The van der Waals surface area contributed by atoms with E-state index in [2.05, 4.69) is 0 Å². The molecule has 1 atom stereocenters. The molecule has 3 heteroatoms. The van der Waals surface area contributed by atoms with Gasteiger partial charge in [-0.2, -0.15) is 0 Å². The van der Waals surface area contributed by atoms with Crippen molar-refractivity contribution in [1.29, 1.82) is 0 Å². The van der Waals surface area contributed by atoms with Gasteiger partial charge in [-0.25, -0.2) is 4.79 Å². The highest BCUT2D eigenvalue weighted by Gasteiger charge is 2.33. The van der Waals surface area contributed by atoms with Crippen LogP contribution in [0.3, 0.4) is 0 Å². The summed E-state index contributed by atoms with van der Waals surface area (Å²) in [6.45, 7) is 5.71. The minimum Gasteiger partial charge on any atom is -0.479 e. The molecule has 1 unspecified atom stereocenters. The molecule has 0 aliphatic carbocycles. The average molecular weight is 174 g/mol. The van der Waals surface area contributed by atoms with Gasteiger partial charge in [-0.15, -0.1) is 0 Å². The van der Waals surface area contributed by atoms with E-state index in [1.54, 1.807) is 6.92 Å². The van der Waals surface area contributed by atoms with Crippen molar-refractivity contribution < 1.29 is 15.0 Å². The Kier molecular flexibility index (Phi) is 4.24. The lowest BCUT2D eigenvalue weighted by molar-refractivity contribution is -0.159. The third-order valence-corrected chi connectivity index (χ3v) is 2.12. The molecule has 0 saturated heterocycles. The van der Waals surface area contributed by atoms with Gasteiger partial charge in [-0.05, 0) is 25.2 Å². The monoisotopic (exact) mass is 174 g/mol. The van der Waals surface area contributed by atoms with E-state index in [4.69, 9.17) is 5.11 Å². The molecule has 2 N–H and O–H groups in total. The molecule has 0 bridgehead atoms. The van der Waals surface area contributed by atoms with Crippen LogP contribution >= 0.6 is 0 Å². The normalized spacial score (nSPS) is 16.1. The maximum atomic E-state index is 10.6. The maximum absolute atomic E-state index is 10.6. The first kappa shape index (κ1) is 11.4. The average Bonchev–Trinajstić information content (AvgIpc) is 1.99. The van der Waals surface area contributed by atoms with Crippen LogP contribution in [0.2, 0.25) is 0 Å². The predicted molar refractivity (Wildman–Crippen MR) is 46.9 cm³/mol. The van der Waals surface area contributed by atoms with Crippen LogP contribution < -0.4 is 0 Å². The Balaban J connectivity index is 4.06. The fourth-order valence-corrected chi connectivity index (χ4v) is 0.962. The van der Waals surface area contributed by atoms with Crippen molar-refractivity contribution in [3.05, 3.63) is 0 Å². The largest absolute Gasteiger partial charge is 0.479 e. The Bertz CT molecular complexity index is 154. The molecule has 0 aliphatic rings. The van der Waals surface area contributed by atoms with E-state index in [-0.39, 0.29) is 6.42 Å². The molecule has 0 aliphatic heterocycles. The van der Waals surface area contributed by atoms with Crippen molar-refractivity contribution in [2.75, 3.05) is 0 Å². The third-order valence-electron chi connectivity index (χ3n) is 2.12. The molecule has 72 valence electrons. The van der Waals surface area contributed by atoms with Gasteiger partial charge < -0.3 is 10.2 Å². The van der Waals surface area contributed by atoms with Gasteiger partial charge in [0.1, 0.15) is 0 Å². The van der Waals surface area contributed by atoms with Crippen LogP contribution in [0.15, 0.2) is 0 Å². The number of carbonyl (C=O) groups is 1. The van der Waals surface area contributed by atoms with E-state index in [1.807, 2.05) is 13.8 Å². The van der Waals surface area contributed by atoms with Crippen molar-refractivity contribution in [1.82, 2.24) is 0 Å². The molecular formula is C9H18O3. The zero-order valence-corrected chi connectivity index (χ0v) is 8.00. The predicted octanol–water partition coefficient (Wildman–Crippen LogP) is 1.65. The number of rotatable bonds is 5. The third kappa shape index (κ3) is 3.22. The van der Waals surface area contributed by atoms with Crippen LogP contribution in [0.5, 0.6) is 0 Å². The van der Waals surface area contributed by atoms with Gasteiger partial charge in [0, 0.05) is 0 Å². The first-order chi connectivity index (χ1) is 5.42. The Morgan fingerprint density at radius 2 is 2.00 bits per heavy atom. The lowest BCUT2D eigenvalue weighted by Gasteiger charge is -2.22. The highest BCUT2D eigenvalue weighted by atomic mass is 16.4. The van der Waals surface area contributed by atoms with Crippen LogP contribution in [-0.2, 0) is 4.79 Å². The first-order valence-electron chi connectivity index (χ1n) is 4.38. The summed E-state index contributed by atoms with van der Waals surface area (Å²) in [6, 6.07) is 0. The van der Waals surface area contributed by atoms with Crippen molar-refractivity contribution in [2.24, 2.45) is 5.92 Å². The van der Waals surface area contributed by atoms with E-state index in [9.17, 15) is 9.90 Å². The maximum Gasteiger partial charge on any atom is 0.335 e. The van der Waals surface area contributed by atoms with Crippen LogP contribution in [0, 0.1) is 5.92 Å². The lowest BCUT2D eigenvalue weighted by atomic mass is 9.91. The smallest absolute Gasteiger partial charge is 0.335 e. The standard InChI is InChI=1S/C9H18O3/c1-4-9(12,8(10)11)6-5-7(2)3/h7,12H,4-6H2,1-3H3,(H,10,11). The summed E-state index contributed by atoms with van der Waals surface area (Å²) in [6.07, 6.45) is 1.36. The number of hydrogen-bond donors (Lipinski definition) is 2. The van der Waals surface area contributed by atoms with Gasteiger partial charge in [0.15, 0.2) is 5.60 Å². The fourth-order valence-electron chi connectivity index (χ4n) is 0.962. The SMILES string of the molecule is CCC(O)(CCC(C)C)C(=O)O. The van der Waals surface area contributed by atoms with Gasteiger partial charge in [-0.1, -0.05) is 20.8 Å². The lowest BCUT2D eigenvalue weighted by Crippen LogP contribution is -2.37. The van der Waals surface area contributed by atoms with Crippen molar-refractivity contribution in [2.45, 2.75) is 45.6 Å². The summed E-state index contributed by atoms with van der Waals surface area (Å²) >= 11 is 0. The van der Waals surface area contributed by atoms with Crippen molar-refractivity contribution in [3.8, 4) is 0 Å². The topological polar surface area (TPSA) is 57.5 Å². The highest BCUT2D eigenvalue weighted by molar-refractivity contribution is 5.76. The van der Waals surface area contributed by atoms with Gasteiger partial charge in [0.2, 0.25) is 0 Å². The number of aliphatic hydroxyl groups is 1. The van der Waals surface area contributed by atoms with Crippen LogP contribution in [0.25, 0.3) is 0 Å². The number of carboxylic acid groups (broad SMARTS) is 1. The molecule has 0 aromatic carbocycles. The van der Waals surface area contributed by atoms with Crippen LogP contribution in [0.4, 0.5) is 0 Å². The summed E-state index contributed by atoms with van der Waals surface area (Å²) in [4.78, 5) is 10.6. The molecule has 0 radical (unpaired) electrons. The highest BCUT2D eigenvalue weighted by Crippen LogP contribution is 2.20. The number of aliphatic carboxylic acids is 1. The number of carboxylic acids is 1. The molecule has 0 spiro atoms. The summed E-state index contributed by atoms with van der Waals surface area (Å²) in [5.41, 5.74) is -1.51. The molecule has 3 nitrogen and oxygen atoms in total. The zero-order valence-electron chi connectivity index (χ0n) is 8.00. The second-order valence-electron chi connectivity index (χ2n) is 3.62.